The Balaban J connectivity index is 2.25. The smallest absolute Gasteiger partial charge is 0.154 e. The van der Waals surface area contributed by atoms with Crippen molar-refractivity contribution in [3.63, 3.8) is 0 Å². The van der Waals surface area contributed by atoms with Crippen LogP contribution in [-0.2, 0) is 16.4 Å². The average molecular weight is 245 g/mol. The molecular weight excluding hydrogens is 226 g/mol. The summed E-state index contributed by atoms with van der Waals surface area (Å²) >= 11 is 0. The highest BCUT2D eigenvalue weighted by Crippen LogP contribution is 2.05. The molecule has 0 aliphatic heterocycles. The van der Waals surface area contributed by atoms with Gasteiger partial charge in [0, 0.05) is 6.54 Å². The standard InChI is InChI=1S/C11H19NO3S/c1-3-10(2)16(13,14)8-6-12-9-11-5-4-7-15-11/h4-5,7,10,12H,3,6,8-9H2,1-2H3. The van der Waals surface area contributed by atoms with Gasteiger partial charge in [-0.05, 0) is 25.5 Å². The van der Waals surface area contributed by atoms with Gasteiger partial charge < -0.3 is 9.73 Å². The van der Waals surface area contributed by atoms with E-state index in [9.17, 15) is 8.42 Å². The summed E-state index contributed by atoms with van der Waals surface area (Å²) in [6, 6.07) is 3.67. The summed E-state index contributed by atoms with van der Waals surface area (Å²) in [7, 11) is -2.94. The molecule has 1 aromatic rings. The van der Waals surface area contributed by atoms with E-state index in [1.54, 1.807) is 13.2 Å². The highest BCUT2D eigenvalue weighted by Gasteiger charge is 2.17. The average Bonchev–Trinajstić information content (AvgIpc) is 2.76. The molecule has 1 N–H and O–H groups in total. The lowest BCUT2D eigenvalue weighted by Crippen LogP contribution is -2.28. The second kappa shape index (κ2) is 6.06. The van der Waals surface area contributed by atoms with Crippen LogP contribution in [0.4, 0.5) is 0 Å². The molecule has 0 aliphatic carbocycles. The van der Waals surface area contributed by atoms with Crippen molar-refractivity contribution in [2.45, 2.75) is 32.1 Å². The molecule has 0 bridgehead atoms. The summed E-state index contributed by atoms with van der Waals surface area (Å²) in [6.45, 7) is 4.68. The number of rotatable bonds is 7. The Kier molecular flexibility index (Phi) is 5.02. The van der Waals surface area contributed by atoms with Crippen molar-refractivity contribution in [2.24, 2.45) is 0 Å². The maximum absolute atomic E-state index is 11.7. The van der Waals surface area contributed by atoms with Crippen LogP contribution in [0.2, 0.25) is 0 Å². The predicted octanol–water partition coefficient (Wildman–Crippen LogP) is 1.58. The minimum absolute atomic E-state index is 0.183. The van der Waals surface area contributed by atoms with Crippen LogP contribution in [0.15, 0.2) is 22.8 Å². The minimum Gasteiger partial charge on any atom is -0.468 e. The lowest BCUT2D eigenvalue weighted by atomic mass is 10.4. The van der Waals surface area contributed by atoms with Gasteiger partial charge in [-0.2, -0.15) is 0 Å². The highest BCUT2D eigenvalue weighted by molar-refractivity contribution is 7.92. The molecule has 0 radical (unpaired) electrons. The fraction of sp³-hybridized carbons (Fsp3) is 0.636. The van der Waals surface area contributed by atoms with Gasteiger partial charge in [0.05, 0.1) is 23.8 Å². The van der Waals surface area contributed by atoms with E-state index in [1.165, 1.54) is 0 Å². The van der Waals surface area contributed by atoms with Crippen LogP contribution in [0.1, 0.15) is 26.0 Å². The van der Waals surface area contributed by atoms with Gasteiger partial charge in [-0.25, -0.2) is 8.42 Å². The first kappa shape index (κ1) is 13.3. The van der Waals surface area contributed by atoms with Crippen LogP contribution in [0.5, 0.6) is 0 Å². The van der Waals surface area contributed by atoms with Crippen molar-refractivity contribution < 1.29 is 12.8 Å². The lowest BCUT2D eigenvalue weighted by molar-refractivity contribution is 0.486. The fourth-order valence-corrected chi connectivity index (χ4v) is 2.63. The summed E-state index contributed by atoms with van der Waals surface area (Å²) in [5.41, 5.74) is 0. The molecule has 5 heteroatoms. The van der Waals surface area contributed by atoms with Crippen LogP contribution >= 0.6 is 0 Å². The van der Waals surface area contributed by atoms with Crippen molar-refractivity contribution in [1.29, 1.82) is 0 Å². The predicted molar refractivity (Wildman–Crippen MR) is 64.0 cm³/mol. The molecule has 1 heterocycles. The van der Waals surface area contributed by atoms with Crippen LogP contribution in [0.25, 0.3) is 0 Å². The van der Waals surface area contributed by atoms with Crippen molar-refractivity contribution in [3.8, 4) is 0 Å². The van der Waals surface area contributed by atoms with E-state index in [-0.39, 0.29) is 11.0 Å². The van der Waals surface area contributed by atoms with E-state index in [1.807, 2.05) is 19.1 Å². The molecule has 0 fully saturated rings. The number of hydrogen-bond donors (Lipinski definition) is 1. The number of sulfone groups is 1. The topological polar surface area (TPSA) is 59.3 Å². The molecule has 4 nitrogen and oxygen atoms in total. The first-order chi connectivity index (χ1) is 7.56. The Bertz CT molecular complexity index is 383. The Morgan fingerprint density at radius 1 is 1.50 bits per heavy atom. The molecule has 1 rings (SSSR count). The van der Waals surface area contributed by atoms with Crippen LogP contribution < -0.4 is 5.32 Å². The second-order valence-corrected chi connectivity index (χ2v) is 6.38. The third-order valence-corrected chi connectivity index (χ3v) is 4.96. The molecule has 1 atom stereocenters. The fourth-order valence-electron chi connectivity index (χ4n) is 1.29. The van der Waals surface area contributed by atoms with Crippen molar-refractivity contribution in [3.05, 3.63) is 24.2 Å². The van der Waals surface area contributed by atoms with E-state index in [4.69, 9.17) is 4.42 Å². The van der Waals surface area contributed by atoms with E-state index in [0.29, 0.717) is 19.5 Å². The van der Waals surface area contributed by atoms with E-state index >= 15 is 0 Å². The third-order valence-electron chi connectivity index (χ3n) is 2.63. The lowest BCUT2D eigenvalue weighted by Gasteiger charge is -2.10. The normalized spacial score (nSPS) is 13.9. The second-order valence-electron chi connectivity index (χ2n) is 3.84. The third kappa shape index (κ3) is 3.98. The SMILES string of the molecule is CCC(C)S(=O)(=O)CCNCc1ccco1. The molecule has 0 aliphatic rings. The first-order valence-electron chi connectivity index (χ1n) is 5.51. The molecule has 0 spiro atoms. The number of nitrogens with one attached hydrogen (secondary N) is 1. The zero-order valence-electron chi connectivity index (χ0n) is 9.77. The molecule has 16 heavy (non-hydrogen) atoms. The number of hydrogen-bond acceptors (Lipinski definition) is 4. The van der Waals surface area contributed by atoms with E-state index in [2.05, 4.69) is 5.32 Å². The molecule has 1 aromatic heterocycles. The first-order valence-corrected chi connectivity index (χ1v) is 7.22. The van der Waals surface area contributed by atoms with Crippen molar-refractivity contribution in [1.82, 2.24) is 5.32 Å². The molecule has 1 unspecified atom stereocenters. The summed E-state index contributed by atoms with van der Waals surface area (Å²) < 4.78 is 28.4. The van der Waals surface area contributed by atoms with Gasteiger partial charge in [0.2, 0.25) is 0 Å². The van der Waals surface area contributed by atoms with Gasteiger partial charge >= 0.3 is 0 Å². The highest BCUT2D eigenvalue weighted by atomic mass is 32.2. The molecule has 0 saturated carbocycles. The monoisotopic (exact) mass is 245 g/mol. The molecule has 0 saturated heterocycles. The summed E-state index contributed by atoms with van der Waals surface area (Å²) in [5.74, 6) is 1.00. The zero-order chi connectivity index (χ0) is 12.0. The van der Waals surface area contributed by atoms with Crippen LogP contribution in [0, 0.1) is 0 Å². The molecule has 0 aromatic carbocycles. The van der Waals surface area contributed by atoms with Gasteiger partial charge in [-0.15, -0.1) is 0 Å². The Hall–Kier alpha value is -0.810. The minimum atomic E-state index is -2.94. The van der Waals surface area contributed by atoms with E-state index in [0.717, 1.165) is 5.76 Å². The van der Waals surface area contributed by atoms with Crippen LogP contribution in [0.3, 0.4) is 0 Å². The molecule has 0 amide bonds. The van der Waals surface area contributed by atoms with Gasteiger partial charge in [0.15, 0.2) is 9.84 Å². The maximum atomic E-state index is 11.7. The summed E-state index contributed by atoms with van der Waals surface area (Å²) in [4.78, 5) is 0. The Labute approximate surface area is 97.0 Å². The number of furan rings is 1. The van der Waals surface area contributed by atoms with Crippen molar-refractivity contribution >= 4 is 9.84 Å². The Morgan fingerprint density at radius 2 is 2.25 bits per heavy atom. The zero-order valence-corrected chi connectivity index (χ0v) is 10.6. The quantitative estimate of drug-likeness (QED) is 0.741. The van der Waals surface area contributed by atoms with Gasteiger partial charge in [0.1, 0.15) is 5.76 Å². The molecule has 92 valence electrons. The van der Waals surface area contributed by atoms with Gasteiger partial charge in [-0.3, -0.25) is 0 Å². The van der Waals surface area contributed by atoms with Crippen molar-refractivity contribution in [2.75, 3.05) is 12.3 Å². The van der Waals surface area contributed by atoms with Gasteiger partial charge in [0.25, 0.3) is 0 Å². The van der Waals surface area contributed by atoms with E-state index < -0.39 is 9.84 Å². The Morgan fingerprint density at radius 3 is 2.81 bits per heavy atom. The largest absolute Gasteiger partial charge is 0.468 e. The van der Waals surface area contributed by atoms with Crippen LogP contribution in [-0.4, -0.2) is 26.0 Å². The summed E-state index contributed by atoms with van der Waals surface area (Å²) in [6.07, 6.45) is 2.27. The maximum Gasteiger partial charge on any atom is 0.154 e. The summed E-state index contributed by atoms with van der Waals surface area (Å²) in [5, 5.41) is 2.80. The molecular formula is C11H19NO3S. The van der Waals surface area contributed by atoms with Gasteiger partial charge in [-0.1, -0.05) is 6.92 Å².